The lowest BCUT2D eigenvalue weighted by molar-refractivity contribution is -0.140. The third-order valence-electron chi connectivity index (χ3n) is 4.24. The maximum absolute atomic E-state index is 12.8. The van der Waals surface area contributed by atoms with Crippen molar-refractivity contribution >= 4 is 11.6 Å². The van der Waals surface area contributed by atoms with Crippen LogP contribution >= 0.6 is 0 Å². The van der Waals surface area contributed by atoms with E-state index in [-0.39, 0.29) is 5.91 Å². The summed E-state index contributed by atoms with van der Waals surface area (Å²) in [5.41, 5.74) is -0.00348. The average Bonchev–Trinajstić information content (AvgIpc) is 2.62. The second-order valence-electron chi connectivity index (χ2n) is 6.72. The number of nitrogens with one attached hydrogen (secondary N) is 1. The lowest BCUT2D eigenvalue weighted by atomic mass is 9.96. The van der Waals surface area contributed by atoms with Gasteiger partial charge in [-0.25, -0.2) is 0 Å². The summed E-state index contributed by atoms with van der Waals surface area (Å²) in [6.07, 6.45) is 7.04. The molecule has 0 radical (unpaired) electrons. The van der Waals surface area contributed by atoms with Crippen LogP contribution in [0.1, 0.15) is 72.6 Å². The van der Waals surface area contributed by atoms with Gasteiger partial charge in [0.25, 0.3) is 5.91 Å². The minimum Gasteiger partial charge on any atom is -0.494 e. The van der Waals surface area contributed by atoms with Gasteiger partial charge in [-0.15, -0.1) is 0 Å². The molecule has 0 saturated heterocycles. The quantitative estimate of drug-likeness (QED) is 0.474. The minimum absolute atomic E-state index is 0.0725. The van der Waals surface area contributed by atoms with Gasteiger partial charge in [-0.3, -0.25) is 4.79 Å². The van der Waals surface area contributed by atoms with E-state index in [4.69, 9.17) is 9.47 Å². The molecule has 0 unspecified atom stereocenters. The summed E-state index contributed by atoms with van der Waals surface area (Å²) in [6, 6.07) is 7.55. The zero-order valence-corrected chi connectivity index (χ0v) is 16.4. The fourth-order valence-corrected chi connectivity index (χ4v) is 2.52. The van der Waals surface area contributed by atoms with Crippen LogP contribution in [0.4, 0.5) is 5.69 Å². The molecule has 0 aliphatic rings. The van der Waals surface area contributed by atoms with Gasteiger partial charge >= 0.3 is 0 Å². The molecule has 1 amide bonds. The molecule has 4 heteroatoms. The van der Waals surface area contributed by atoms with Crippen molar-refractivity contribution in [2.75, 3.05) is 18.5 Å². The van der Waals surface area contributed by atoms with Crippen LogP contribution in [0.15, 0.2) is 24.3 Å². The number of benzene rings is 1. The summed E-state index contributed by atoms with van der Waals surface area (Å²) in [6.45, 7) is 9.58. The molecule has 0 saturated carbocycles. The average molecular weight is 350 g/mol. The standard InChI is InChI=1S/C21H35NO3/c1-5-8-10-15-21(4,25-16-7-3)20(23)22-18-11-13-19(14-12-18)24-17-9-6-2/h11-14H,5-10,15-17H2,1-4H3,(H,22,23)/t21-/m1/s1. The van der Waals surface area contributed by atoms with Crippen molar-refractivity contribution in [3.63, 3.8) is 0 Å². The molecule has 0 aliphatic carbocycles. The number of hydrogen-bond acceptors (Lipinski definition) is 3. The first-order valence-corrected chi connectivity index (χ1v) is 9.74. The van der Waals surface area contributed by atoms with Crippen LogP contribution in [0.5, 0.6) is 5.75 Å². The van der Waals surface area contributed by atoms with Gasteiger partial charge in [0.2, 0.25) is 0 Å². The molecule has 1 N–H and O–H groups in total. The molecule has 1 aromatic rings. The first kappa shape index (κ1) is 21.5. The Balaban J connectivity index is 2.64. The van der Waals surface area contributed by atoms with Crippen LogP contribution in [0.25, 0.3) is 0 Å². The van der Waals surface area contributed by atoms with Crippen LogP contribution in [-0.4, -0.2) is 24.7 Å². The second kappa shape index (κ2) is 11.9. The number of hydrogen-bond donors (Lipinski definition) is 1. The van der Waals surface area contributed by atoms with E-state index in [2.05, 4.69) is 26.1 Å². The first-order chi connectivity index (χ1) is 12.1. The Labute approximate surface area is 153 Å². The lowest BCUT2D eigenvalue weighted by Gasteiger charge is -2.28. The van der Waals surface area contributed by atoms with E-state index < -0.39 is 5.60 Å². The molecule has 0 bridgehead atoms. The maximum Gasteiger partial charge on any atom is 0.256 e. The Morgan fingerprint density at radius 2 is 1.64 bits per heavy atom. The van der Waals surface area contributed by atoms with Gasteiger partial charge in [-0.2, -0.15) is 0 Å². The van der Waals surface area contributed by atoms with Crippen LogP contribution in [0.3, 0.4) is 0 Å². The Hall–Kier alpha value is -1.55. The van der Waals surface area contributed by atoms with E-state index in [0.717, 1.165) is 63.0 Å². The van der Waals surface area contributed by atoms with Gasteiger partial charge in [-0.1, -0.05) is 46.5 Å². The summed E-state index contributed by atoms with van der Waals surface area (Å²) < 4.78 is 11.6. The fourth-order valence-electron chi connectivity index (χ4n) is 2.52. The highest BCUT2D eigenvalue weighted by molar-refractivity contribution is 5.97. The number of anilines is 1. The fraction of sp³-hybridized carbons (Fsp3) is 0.667. The molecule has 0 heterocycles. The SMILES string of the molecule is CCCCC[C@@](C)(OCCC)C(=O)Nc1ccc(OCCCC)cc1. The molecule has 1 atom stereocenters. The van der Waals surface area contributed by atoms with Gasteiger partial charge in [0.1, 0.15) is 11.4 Å². The topological polar surface area (TPSA) is 47.6 Å². The van der Waals surface area contributed by atoms with Gasteiger partial charge in [0.05, 0.1) is 6.61 Å². The Kier molecular flexibility index (Phi) is 10.2. The second-order valence-corrected chi connectivity index (χ2v) is 6.72. The summed E-state index contributed by atoms with van der Waals surface area (Å²) in [5.74, 6) is 0.760. The zero-order chi connectivity index (χ0) is 18.5. The number of amides is 1. The molecule has 0 fully saturated rings. The first-order valence-electron chi connectivity index (χ1n) is 9.74. The van der Waals surface area contributed by atoms with Crippen molar-refractivity contribution in [1.82, 2.24) is 0 Å². The molecule has 1 aromatic carbocycles. The zero-order valence-electron chi connectivity index (χ0n) is 16.4. The van der Waals surface area contributed by atoms with Crippen molar-refractivity contribution in [3.05, 3.63) is 24.3 Å². The molecule has 4 nitrogen and oxygen atoms in total. The van der Waals surface area contributed by atoms with E-state index in [1.165, 1.54) is 0 Å². The molecule has 0 spiro atoms. The predicted octanol–water partition coefficient (Wildman–Crippen LogP) is 5.57. The number of rotatable bonds is 13. The largest absolute Gasteiger partial charge is 0.494 e. The van der Waals surface area contributed by atoms with Gasteiger partial charge in [0.15, 0.2) is 0 Å². The number of carbonyl (C=O) groups excluding carboxylic acids is 1. The third kappa shape index (κ3) is 7.91. The van der Waals surface area contributed by atoms with E-state index in [9.17, 15) is 4.79 Å². The van der Waals surface area contributed by atoms with Crippen molar-refractivity contribution in [2.24, 2.45) is 0 Å². The Morgan fingerprint density at radius 3 is 2.24 bits per heavy atom. The molecule has 142 valence electrons. The number of unbranched alkanes of at least 4 members (excludes halogenated alkanes) is 3. The highest BCUT2D eigenvalue weighted by Crippen LogP contribution is 2.23. The van der Waals surface area contributed by atoms with Crippen molar-refractivity contribution in [2.45, 2.75) is 78.2 Å². The van der Waals surface area contributed by atoms with E-state index in [1.54, 1.807) is 0 Å². The normalized spacial score (nSPS) is 13.3. The van der Waals surface area contributed by atoms with Crippen molar-refractivity contribution in [3.8, 4) is 5.75 Å². The van der Waals surface area contributed by atoms with Gasteiger partial charge < -0.3 is 14.8 Å². The summed E-state index contributed by atoms with van der Waals surface area (Å²) in [4.78, 5) is 12.8. The van der Waals surface area contributed by atoms with Crippen LogP contribution < -0.4 is 10.1 Å². The van der Waals surface area contributed by atoms with Gasteiger partial charge in [0, 0.05) is 12.3 Å². The highest BCUT2D eigenvalue weighted by Gasteiger charge is 2.33. The van der Waals surface area contributed by atoms with Gasteiger partial charge in [-0.05, 0) is 50.5 Å². The molecule has 1 rings (SSSR count). The Bertz CT molecular complexity index is 486. The summed E-state index contributed by atoms with van der Waals surface area (Å²) in [7, 11) is 0. The molecule has 0 aliphatic heterocycles. The lowest BCUT2D eigenvalue weighted by Crippen LogP contribution is -2.43. The third-order valence-corrected chi connectivity index (χ3v) is 4.24. The predicted molar refractivity (Wildman–Crippen MR) is 104 cm³/mol. The van der Waals surface area contributed by atoms with Crippen LogP contribution in [0, 0.1) is 0 Å². The Morgan fingerprint density at radius 1 is 0.960 bits per heavy atom. The van der Waals surface area contributed by atoms with Crippen LogP contribution in [0.2, 0.25) is 0 Å². The maximum atomic E-state index is 12.8. The summed E-state index contributed by atoms with van der Waals surface area (Å²) in [5, 5.41) is 2.99. The smallest absolute Gasteiger partial charge is 0.256 e. The highest BCUT2D eigenvalue weighted by atomic mass is 16.5. The molecular weight excluding hydrogens is 314 g/mol. The van der Waals surface area contributed by atoms with E-state index in [0.29, 0.717) is 6.61 Å². The minimum atomic E-state index is -0.776. The van der Waals surface area contributed by atoms with E-state index in [1.807, 2.05) is 31.2 Å². The van der Waals surface area contributed by atoms with E-state index >= 15 is 0 Å². The van der Waals surface area contributed by atoms with Crippen molar-refractivity contribution < 1.29 is 14.3 Å². The monoisotopic (exact) mass is 349 g/mol. The molecular formula is C21H35NO3. The molecule has 0 aromatic heterocycles. The number of ether oxygens (including phenoxy) is 2. The summed E-state index contributed by atoms with van der Waals surface area (Å²) >= 11 is 0. The molecule has 25 heavy (non-hydrogen) atoms. The van der Waals surface area contributed by atoms with Crippen molar-refractivity contribution in [1.29, 1.82) is 0 Å². The number of carbonyl (C=O) groups is 1. The van der Waals surface area contributed by atoms with Crippen LogP contribution in [-0.2, 0) is 9.53 Å².